The number of aryl methyl sites for hydroxylation is 1. The highest BCUT2D eigenvalue weighted by molar-refractivity contribution is 5.94. The second-order valence-corrected chi connectivity index (χ2v) is 6.39. The van der Waals surface area contributed by atoms with Crippen molar-refractivity contribution in [2.45, 2.75) is 32.2 Å². The maximum absolute atomic E-state index is 12.7. The van der Waals surface area contributed by atoms with Gasteiger partial charge in [-0.1, -0.05) is 18.2 Å². The lowest BCUT2D eigenvalue weighted by Gasteiger charge is -2.13. The minimum atomic E-state index is -0.0980. The number of nitrogens with one attached hydrogen (secondary N) is 1. The Kier molecular flexibility index (Phi) is 4.09. The third kappa shape index (κ3) is 2.95. The van der Waals surface area contributed by atoms with Crippen molar-refractivity contribution in [1.29, 1.82) is 0 Å². The standard InChI is InChI=1S/C19H21N5O/c1-23-17-9-5-3-7-15(17)18(22-23)19(25)21-12-14-6-2-4-8-16(14)24-11-10-20-13-24/h2,4,6,8,10-11,13H,3,5,7,9,12H2,1H3,(H,21,25). The van der Waals surface area contributed by atoms with E-state index in [4.69, 9.17) is 0 Å². The van der Waals surface area contributed by atoms with Crippen molar-refractivity contribution in [3.05, 3.63) is 65.5 Å². The van der Waals surface area contributed by atoms with Gasteiger partial charge in [0.25, 0.3) is 5.91 Å². The monoisotopic (exact) mass is 335 g/mol. The molecule has 0 aliphatic heterocycles. The van der Waals surface area contributed by atoms with Crippen LogP contribution in [0.5, 0.6) is 0 Å². The predicted molar refractivity (Wildman–Crippen MR) is 94.6 cm³/mol. The van der Waals surface area contributed by atoms with E-state index >= 15 is 0 Å². The summed E-state index contributed by atoms with van der Waals surface area (Å²) in [5, 5.41) is 7.50. The molecule has 2 aromatic heterocycles. The van der Waals surface area contributed by atoms with Crippen molar-refractivity contribution in [2.24, 2.45) is 7.05 Å². The van der Waals surface area contributed by atoms with Gasteiger partial charge in [-0.3, -0.25) is 9.48 Å². The molecule has 1 aromatic carbocycles. The Morgan fingerprint density at radius 1 is 1.24 bits per heavy atom. The highest BCUT2D eigenvalue weighted by Gasteiger charge is 2.23. The van der Waals surface area contributed by atoms with Gasteiger partial charge < -0.3 is 9.88 Å². The lowest BCUT2D eigenvalue weighted by molar-refractivity contribution is 0.0944. The molecule has 3 aromatic rings. The van der Waals surface area contributed by atoms with Crippen LogP contribution >= 0.6 is 0 Å². The number of hydrogen-bond donors (Lipinski definition) is 1. The zero-order chi connectivity index (χ0) is 17.2. The largest absolute Gasteiger partial charge is 0.346 e. The molecule has 0 saturated heterocycles. The summed E-state index contributed by atoms with van der Waals surface area (Å²) in [6, 6.07) is 8.00. The minimum Gasteiger partial charge on any atom is -0.346 e. The van der Waals surface area contributed by atoms with Crippen LogP contribution in [0.25, 0.3) is 5.69 Å². The first-order valence-corrected chi connectivity index (χ1v) is 8.63. The number of amides is 1. The van der Waals surface area contributed by atoms with Gasteiger partial charge in [-0.25, -0.2) is 4.98 Å². The summed E-state index contributed by atoms with van der Waals surface area (Å²) < 4.78 is 3.81. The number of rotatable bonds is 4. The van der Waals surface area contributed by atoms with Crippen molar-refractivity contribution >= 4 is 5.91 Å². The van der Waals surface area contributed by atoms with Gasteiger partial charge in [-0.2, -0.15) is 5.10 Å². The van der Waals surface area contributed by atoms with E-state index in [1.807, 2.05) is 46.8 Å². The molecule has 1 amide bonds. The third-order valence-electron chi connectivity index (χ3n) is 4.79. The molecule has 0 radical (unpaired) electrons. The molecule has 1 aliphatic rings. The van der Waals surface area contributed by atoms with E-state index < -0.39 is 0 Å². The number of carbonyl (C=O) groups excluding carboxylic acids is 1. The summed E-state index contributed by atoms with van der Waals surface area (Å²) in [7, 11) is 1.93. The molecule has 2 heterocycles. The molecular formula is C19H21N5O. The molecule has 0 spiro atoms. The SMILES string of the molecule is Cn1nc(C(=O)NCc2ccccc2-n2ccnc2)c2c1CCCC2. The molecule has 0 fully saturated rings. The van der Waals surface area contributed by atoms with E-state index in [1.54, 1.807) is 12.5 Å². The van der Waals surface area contributed by atoms with Gasteiger partial charge in [0.15, 0.2) is 5.69 Å². The number of carbonyl (C=O) groups is 1. The number of para-hydroxylation sites is 1. The van der Waals surface area contributed by atoms with Crippen LogP contribution in [0.15, 0.2) is 43.0 Å². The van der Waals surface area contributed by atoms with Crippen molar-refractivity contribution in [3.8, 4) is 5.69 Å². The molecule has 0 atom stereocenters. The van der Waals surface area contributed by atoms with Crippen molar-refractivity contribution in [1.82, 2.24) is 24.6 Å². The summed E-state index contributed by atoms with van der Waals surface area (Å²) in [5.41, 5.74) is 4.96. The molecule has 25 heavy (non-hydrogen) atoms. The molecule has 128 valence electrons. The van der Waals surface area contributed by atoms with Crippen LogP contribution in [0, 0.1) is 0 Å². The van der Waals surface area contributed by atoms with Gasteiger partial charge in [0, 0.05) is 37.2 Å². The van der Waals surface area contributed by atoms with Crippen molar-refractivity contribution in [3.63, 3.8) is 0 Å². The average Bonchev–Trinajstić information content (AvgIpc) is 3.29. The maximum atomic E-state index is 12.7. The second-order valence-electron chi connectivity index (χ2n) is 6.39. The molecule has 6 nitrogen and oxygen atoms in total. The number of aromatic nitrogens is 4. The van der Waals surface area contributed by atoms with Crippen LogP contribution in [0.1, 0.15) is 40.2 Å². The number of imidazole rings is 1. The zero-order valence-electron chi connectivity index (χ0n) is 14.3. The molecular weight excluding hydrogens is 314 g/mol. The molecule has 1 aliphatic carbocycles. The summed E-state index contributed by atoms with van der Waals surface area (Å²) in [4.78, 5) is 16.8. The molecule has 6 heteroatoms. The smallest absolute Gasteiger partial charge is 0.272 e. The first-order chi connectivity index (χ1) is 12.2. The number of fused-ring (bicyclic) bond motifs is 1. The zero-order valence-corrected chi connectivity index (χ0v) is 14.3. The summed E-state index contributed by atoms with van der Waals surface area (Å²) in [6.45, 7) is 0.457. The van der Waals surface area contributed by atoms with Crippen LogP contribution in [-0.4, -0.2) is 25.2 Å². The van der Waals surface area contributed by atoms with Crippen LogP contribution in [-0.2, 0) is 26.4 Å². The lowest BCUT2D eigenvalue weighted by atomic mass is 9.95. The molecule has 0 bridgehead atoms. The Balaban J connectivity index is 1.54. The van der Waals surface area contributed by atoms with E-state index in [0.717, 1.165) is 36.1 Å². The van der Waals surface area contributed by atoms with E-state index in [2.05, 4.69) is 15.4 Å². The fourth-order valence-electron chi connectivity index (χ4n) is 3.53. The van der Waals surface area contributed by atoms with Gasteiger partial charge >= 0.3 is 0 Å². The highest BCUT2D eigenvalue weighted by atomic mass is 16.1. The van der Waals surface area contributed by atoms with Crippen LogP contribution in [0.4, 0.5) is 0 Å². The van der Waals surface area contributed by atoms with Gasteiger partial charge in [0.2, 0.25) is 0 Å². The van der Waals surface area contributed by atoms with Crippen LogP contribution < -0.4 is 5.32 Å². The summed E-state index contributed by atoms with van der Waals surface area (Å²) in [6.07, 6.45) is 9.66. The molecule has 0 saturated carbocycles. The number of hydrogen-bond acceptors (Lipinski definition) is 3. The van der Waals surface area contributed by atoms with Gasteiger partial charge in [0.05, 0.1) is 12.0 Å². The van der Waals surface area contributed by atoms with E-state index in [0.29, 0.717) is 12.2 Å². The van der Waals surface area contributed by atoms with E-state index in [-0.39, 0.29) is 5.91 Å². The van der Waals surface area contributed by atoms with Crippen LogP contribution in [0.2, 0.25) is 0 Å². The van der Waals surface area contributed by atoms with Gasteiger partial charge in [-0.15, -0.1) is 0 Å². The number of nitrogens with zero attached hydrogens (tertiary/aromatic N) is 4. The topological polar surface area (TPSA) is 64.7 Å². The van der Waals surface area contributed by atoms with E-state index in [1.165, 1.54) is 12.1 Å². The second kappa shape index (κ2) is 6.55. The first kappa shape index (κ1) is 15.6. The third-order valence-corrected chi connectivity index (χ3v) is 4.79. The predicted octanol–water partition coefficient (Wildman–Crippen LogP) is 2.41. The fourth-order valence-corrected chi connectivity index (χ4v) is 3.53. The maximum Gasteiger partial charge on any atom is 0.272 e. The Morgan fingerprint density at radius 3 is 2.92 bits per heavy atom. The molecule has 4 rings (SSSR count). The summed E-state index contributed by atoms with van der Waals surface area (Å²) >= 11 is 0. The van der Waals surface area contributed by atoms with Crippen molar-refractivity contribution in [2.75, 3.05) is 0 Å². The normalized spacial score (nSPS) is 13.5. The van der Waals surface area contributed by atoms with Gasteiger partial charge in [-0.05, 0) is 37.3 Å². The Bertz CT molecular complexity index is 895. The Morgan fingerprint density at radius 2 is 2.08 bits per heavy atom. The van der Waals surface area contributed by atoms with Crippen LogP contribution in [0.3, 0.4) is 0 Å². The van der Waals surface area contributed by atoms with Crippen molar-refractivity contribution < 1.29 is 4.79 Å². The number of benzene rings is 1. The fraction of sp³-hybridized carbons (Fsp3) is 0.316. The minimum absolute atomic E-state index is 0.0980. The molecule has 1 N–H and O–H groups in total. The lowest BCUT2D eigenvalue weighted by Crippen LogP contribution is -2.25. The van der Waals surface area contributed by atoms with E-state index in [9.17, 15) is 4.79 Å². The van der Waals surface area contributed by atoms with Gasteiger partial charge in [0.1, 0.15) is 0 Å². The highest BCUT2D eigenvalue weighted by Crippen LogP contribution is 2.24. The summed E-state index contributed by atoms with van der Waals surface area (Å²) in [5.74, 6) is -0.0980. The average molecular weight is 335 g/mol. The first-order valence-electron chi connectivity index (χ1n) is 8.63. The Hall–Kier alpha value is -2.89. The molecule has 0 unspecified atom stereocenters. The quantitative estimate of drug-likeness (QED) is 0.796. The Labute approximate surface area is 146 Å².